The van der Waals surface area contributed by atoms with E-state index in [2.05, 4.69) is 61.2 Å². The summed E-state index contributed by atoms with van der Waals surface area (Å²) in [6, 6.07) is 17.5. The second-order valence-electron chi connectivity index (χ2n) is 8.32. The third-order valence-electron chi connectivity index (χ3n) is 5.72. The van der Waals surface area contributed by atoms with Gasteiger partial charge in [0.05, 0.1) is 0 Å². The van der Waals surface area contributed by atoms with E-state index in [0.717, 1.165) is 38.3 Å². The molecule has 0 aliphatic carbocycles. The summed E-state index contributed by atoms with van der Waals surface area (Å²) in [5.74, 6) is 0.707. The average Bonchev–Trinajstić information content (AvgIpc) is 2.71. The first-order chi connectivity index (χ1) is 13.5. The maximum Gasteiger partial charge on any atom is 0.223 e. The van der Waals surface area contributed by atoms with E-state index in [4.69, 9.17) is 0 Å². The third-order valence-corrected chi connectivity index (χ3v) is 5.72. The molecule has 0 spiro atoms. The molecule has 1 heterocycles. The van der Waals surface area contributed by atoms with E-state index in [1.54, 1.807) is 6.92 Å². The lowest BCUT2D eigenvalue weighted by atomic mass is 10.0. The number of carbonyl (C=O) groups excluding carboxylic acids is 1. The minimum atomic E-state index is 0.141. The summed E-state index contributed by atoms with van der Waals surface area (Å²) in [5, 5.41) is 0. The molecule has 0 atom stereocenters. The van der Waals surface area contributed by atoms with E-state index in [9.17, 15) is 4.79 Å². The molecular weight excluding hydrogens is 344 g/mol. The highest BCUT2D eigenvalue weighted by Crippen LogP contribution is 2.25. The lowest BCUT2D eigenvalue weighted by molar-refractivity contribution is -0.116. The molecule has 0 saturated heterocycles. The van der Waals surface area contributed by atoms with Crippen LogP contribution in [-0.4, -0.2) is 23.9 Å². The van der Waals surface area contributed by atoms with Gasteiger partial charge in [0.2, 0.25) is 5.91 Å². The first-order valence-electron chi connectivity index (χ1n) is 10.7. The van der Waals surface area contributed by atoms with Crippen molar-refractivity contribution < 1.29 is 4.79 Å². The van der Waals surface area contributed by atoms with Crippen LogP contribution in [0.15, 0.2) is 48.5 Å². The lowest BCUT2D eigenvalue weighted by Crippen LogP contribution is -2.31. The summed E-state index contributed by atoms with van der Waals surface area (Å²) in [6.07, 6.45) is 4.70. The van der Waals surface area contributed by atoms with Crippen molar-refractivity contribution in [1.82, 2.24) is 4.90 Å². The van der Waals surface area contributed by atoms with Gasteiger partial charge < -0.3 is 4.90 Å². The highest BCUT2D eigenvalue weighted by atomic mass is 16.2. The van der Waals surface area contributed by atoms with Gasteiger partial charge in [0, 0.05) is 32.2 Å². The van der Waals surface area contributed by atoms with Crippen LogP contribution in [0, 0.1) is 0 Å². The molecule has 3 heteroatoms. The Bertz CT molecular complexity index is 766. The van der Waals surface area contributed by atoms with Gasteiger partial charge in [-0.05, 0) is 48.1 Å². The van der Waals surface area contributed by atoms with E-state index in [1.165, 1.54) is 36.0 Å². The van der Waals surface area contributed by atoms with Crippen molar-refractivity contribution in [3.63, 3.8) is 0 Å². The van der Waals surface area contributed by atoms with E-state index in [0.29, 0.717) is 5.92 Å². The Hall–Kier alpha value is -2.13. The number of hydrogen-bond acceptors (Lipinski definition) is 2. The van der Waals surface area contributed by atoms with Crippen molar-refractivity contribution in [3.05, 3.63) is 65.2 Å². The van der Waals surface area contributed by atoms with Gasteiger partial charge >= 0.3 is 0 Å². The van der Waals surface area contributed by atoms with Crippen molar-refractivity contribution in [3.8, 4) is 0 Å². The standard InChI is InChI=1S/C25H34N2O/c1-20(2)23-14-12-22(13-15-23)18-26-16-8-4-5-9-17-27(21(3)28)25-11-7-6-10-24(25)19-26/h6-7,10-15,20H,4-5,8-9,16-19H2,1-3H3. The van der Waals surface area contributed by atoms with Crippen LogP contribution in [0.2, 0.25) is 0 Å². The van der Waals surface area contributed by atoms with Gasteiger partial charge in [0.25, 0.3) is 0 Å². The Morgan fingerprint density at radius 1 is 0.929 bits per heavy atom. The maximum atomic E-state index is 12.3. The van der Waals surface area contributed by atoms with Crippen LogP contribution in [0.25, 0.3) is 0 Å². The van der Waals surface area contributed by atoms with Gasteiger partial charge in [-0.2, -0.15) is 0 Å². The van der Waals surface area contributed by atoms with Crippen LogP contribution >= 0.6 is 0 Å². The zero-order valence-corrected chi connectivity index (χ0v) is 17.7. The largest absolute Gasteiger partial charge is 0.312 e. The van der Waals surface area contributed by atoms with Crippen molar-refractivity contribution in [2.45, 2.75) is 65.5 Å². The topological polar surface area (TPSA) is 23.6 Å². The predicted molar refractivity (Wildman–Crippen MR) is 118 cm³/mol. The van der Waals surface area contributed by atoms with E-state index in [-0.39, 0.29) is 5.91 Å². The lowest BCUT2D eigenvalue weighted by Gasteiger charge is -2.27. The molecule has 1 aliphatic heterocycles. The Morgan fingerprint density at radius 3 is 2.29 bits per heavy atom. The monoisotopic (exact) mass is 378 g/mol. The average molecular weight is 379 g/mol. The van der Waals surface area contributed by atoms with Crippen LogP contribution in [0.4, 0.5) is 5.69 Å². The molecule has 0 saturated carbocycles. The molecule has 1 amide bonds. The number of hydrogen-bond donors (Lipinski definition) is 0. The Kier molecular flexibility index (Phi) is 7.27. The number of rotatable bonds is 3. The molecule has 0 fully saturated rings. The zero-order valence-electron chi connectivity index (χ0n) is 17.7. The Labute approximate surface area is 170 Å². The van der Waals surface area contributed by atoms with Crippen LogP contribution < -0.4 is 4.90 Å². The molecule has 150 valence electrons. The molecule has 2 aromatic carbocycles. The molecule has 1 aliphatic rings. The Morgan fingerprint density at radius 2 is 1.61 bits per heavy atom. The van der Waals surface area contributed by atoms with Crippen LogP contribution in [0.1, 0.15) is 69.1 Å². The molecule has 0 unspecified atom stereocenters. The summed E-state index contributed by atoms with van der Waals surface area (Å²) in [7, 11) is 0. The number of nitrogens with zero attached hydrogens (tertiary/aromatic N) is 2. The van der Waals surface area contributed by atoms with Crippen molar-refractivity contribution in [2.24, 2.45) is 0 Å². The van der Waals surface area contributed by atoms with Crippen molar-refractivity contribution in [1.29, 1.82) is 0 Å². The second kappa shape index (κ2) is 9.88. The minimum absolute atomic E-state index is 0.141. The van der Waals surface area contributed by atoms with Crippen molar-refractivity contribution in [2.75, 3.05) is 18.0 Å². The van der Waals surface area contributed by atoms with Crippen LogP contribution in [0.3, 0.4) is 0 Å². The van der Waals surface area contributed by atoms with Gasteiger partial charge in [0.1, 0.15) is 0 Å². The Balaban J connectivity index is 1.83. The SMILES string of the molecule is CC(=O)N1CCCCCCN(Cc2ccc(C(C)C)cc2)Cc2ccccc21. The molecule has 3 rings (SSSR count). The smallest absolute Gasteiger partial charge is 0.223 e. The van der Waals surface area contributed by atoms with Gasteiger partial charge in [-0.25, -0.2) is 0 Å². The first kappa shape index (κ1) is 20.6. The van der Waals surface area contributed by atoms with E-state index < -0.39 is 0 Å². The van der Waals surface area contributed by atoms with Crippen LogP contribution in [-0.2, 0) is 17.9 Å². The van der Waals surface area contributed by atoms with Gasteiger partial charge in [-0.3, -0.25) is 9.69 Å². The minimum Gasteiger partial charge on any atom is -0.312 e. The third kappa shape index (κ3) is 5.45. The molecule has 3 nitrogen and oxygen atoms in total. The number of benzene rings is 2. The van der Waals surface area contributed by atoms with Crippen molar-refractivity contribution >= 4 is 11.6 Å². The molecule has 0 radical (unpaired) electrons. The number of amides is 1. The van der Waals surface area contributed by atoms with E-state index in [1.807, 2.05) is 11.0 Å². The highest BCUT2D eigenvalue weighted by molar-refractivity contribution is 5.92. The zero-order chi connectivity index (χ0) is 19.9. The normalized spacial score (nSPS) is 16.5. The van der Waals surface area contributed by atoms with Gasteiger partial charge in [-0.15, -0.1) is 0 Å². The van der Waals surface area contributed by atoms with E-state index >= 15 is 0 Å². The number of carbonyl (C=O) groups is 1. The predicted octanol–water partition coefficient (Wildman–Crippen LogP) is 5.74. The summed E-state index contributed by atoms with van der Waals surface area (Å²) in [5.41, 5.74) is 5.08. The number of fused-ring (bicyclic) bond motifs is 1. The molecule has 0 N–H and O–H groups in total. The second-order valence-corrected chi connectivity index (χ2v) is 8.32. The summed E-state index contributed by atoms with van der Waals surface area (Å²) in [6.45, 7) is 9.91. The van der Waals surface area contributed by atoms with Gasteiger partial charge in [0.15, 0.2) is 0 Å². The first-order valence-corrected chi connectivity index (χ1v) is 10.7. The summed E-state index contributed by atoms with van der Waals surface area (Å²) < 4.78 is 0. The highest BCUT2D eigenvalue weighted by Gasteiger charge is 2.18. The molecule has 0 aromatic heterocycles. The molecule has 28 heavy (non-hydrogen) atoms. The van der Waals surface area contributed by atoms with Crippen LogP contribution in [0.5, 0.6) is 0 Å². The fourth-order valence-electron chi connectivity index (χ4n) is 4.04. The summed E-state index contributed by atoms with van der Waals surface area (Å²) >= 11 is 0. The number of anilines is 1. The van der Waals surface area contributed by atoms with Gasteiger partial charge in [-0.1, -0.05) is 69.2 Å². The maximum absolute atomic E-state index is 12.3. The molecule has 0 bridgehead atoms. The molecule has 2 aromatic rings. The quantitative estimate of drug-likeness (QED) is 0.680. The molecular formula is C25H34N2O. The fourth-order valence-corrected chi connectivity index (χ4v) is 4.04. The number of para-hydroxylation sites is 1. The fraction of sp³-hybridized carbons (Fsp3) is 0.480. The summed E-state index contributed by atoms with van der Waals surface area (Å²) in [4.78, 5) is 16.8.